The number of carbonyl (C=O) groups excluding carboxylic acids is 1. The molecule has 1 atom stereocenters. The maximum absolute atomic E-state index is 12.2. The van der Waals surface area contributed by atoms with Crippen LogP contribution in [0.15, 0.2) is 29.2 Å². The zero-order valence-corrected chi connectivity index (χ0v) is 11.1. The molecule has 1 fully saturated rings. The van der Waals surface area contributed by atoms with Crippen LogP contribution in [0.3, 0.4) is 0 Å². The topological polar surface area (TPSA) is 20.3 Å². The summed E-state index contributed by atoms with van der Waals surface area (Å²) in [5.74, 6) is 1.21. The molecule has 16 heavy (non-hydrogen) atoms. The molecule has 1 heterocycles. The fourth-order valence-corrected chi connectivity index (χ4v) is 3.19. The Morgan fingerprint density at radius 3 is 2.62 bits per heavy atom. The van der Waals surface area contributed by atoms with E-state index in [1.54, 1.807) is 11.8 Å². The molecule has 2 nitrogen and oxygen atoms in total. The van der Waals surface area contributed by atoms with Crippen LogP contribution in [-0.2, 0) is 0 Å². The van der Waals surface area contributed by atoms with Gasteiger partial charge in [-0.05, 0) is 37.4 Å². The van der Waals surface area contributed by atoms with Crippen LogP contribution in [0.1, 0.15) is 17.3 Å². The Morgan fingerprint density at radius 2 is 2.12 bits per heavy atom. The lowest BCUT2D eigenvalue weighted by Crippen LogP contribution is -2.33. The molecule has 0 saturated carbocycles. The Labute approximate surface area is 105 Å². The Hall–Kier alpha value is -0.610. The summed E-state index contributed by atoms with van der Waals surface area (Å²) >= 11 is 3.53. The highest BCUT2D eigenvalue weighted by atomic mass is 32.2. The molecule has 1 saturated heterocycles. The second kappa shape index (κ2) is 5.15. The quantitative estimate of drug-likeness (QED) is 0.756. The van der Waals surface area contributed by atoms with Crippen molar-refractivity contribution in [3.8, 4) is 0 Å². The van der Waals surface area contributed by atoms with Crippen molar-refractivity contribution < 1.29 is 4.79 Å². The highest BCUT2D eigenvalue weighted by molar-refractivity contribution is 8.00. The van der Waals surface area contributed by atoms with Crippen molar-refractivity contribution in [1.29, 1.82) is 0 Å². The van der Waals surface area contributed by atoms with Gasteiger partial charge in [-0.1, -0.05) is 0 Å². The predicted molar refractivity (Wildman–Crippen MR) is 71.2 cm³/mol. The lowest BCUT2D eigenvalue weighted by molar-refractivity contribution is 0.0768. The molecule has 1 aromatic carbocycles. The van der Waals surface area contributed by atoms with Crippen LogP contribution in [0.25, 0.3) is 0 Å². The van der Waals surface area contributed by atoms with Gasteiger partial charge in [-0.25, -0.2) is 0 Å². The highest BCUT2D eigenvalue weighted by Gasteiger charge is 2.26. The van der Waals surface area contributed by atoms with Gasteiger partial charge in [0.15, 0.2) is 0 Å². The van der Waals surface area contributed by atoms with Crippen LogP contribution in [0.2, 0.25) is 0 Å². The predicted octanol–water partition coefficient (Wildman–Crippen LogP) is 2.94. The minimum Gasteiger partial charge on any atom is -0.326 e. The van der Waals surface area contributed by atoms with Crippen LogP contribution in [0.4, 0.5) is 0 Å². The summed E-state index contributed by atoms with van der Waals surface area (Å²) in [5, 5.41) is 0.313. The van der Waals surface area contributed by atoms with Crippen LogP contribution in [-0.4, -0.2) is 34.7 Å². The van der Waals surface area contributed by atoms with Gasteiger partial charge in [0, 0.05) is 22.8 Å². The molecule has 0 bridgehead atoms. The zero-order chi connectivity index (χ0) is 11.5. The van der Waals surface area contributed by atoms with E-state index in [4.69, 9.17) is 0 Å². The van der Waals surface area contributed by atoms with Crippen LogP contribution in [0.5, 0.6) is 0 Å². The van der Waals surface area contributed by atoms with Crippen molar-refractivity contribution in [3.05, 3.63) is 29.8 Å². The van der Waals surface area contributed by atoms with Gasteiger partial charge in [0.1, 0.15) is 0 Å². The van der Waals surface area contributed by atoms with Crippen molar-refractivity contribution in [1.82, 2.24) is 4.90 Å². The molecule has 0 spiro atoms. The van der Waals surface area contributed by atoms with E-state index in [9.17, 15) is 4.79 Å². The maximum Gasteiger partial charge on any atom is 0.254 e. The van der Waals surface area contributed by atoms with Crippen molar-refractivity contribution in [2.24, 2.45) is 0 Å². The van der Waals surface area contributed by atoms with Crippen molar-refractivity contribution in [3.63, 3.8) is 0 Å². The first kappa shape index (κ1) is 11.9. The summed E-state index contributed by atoms with van der Waals surface area (Å²) in [6.07, 6.45) is 2.04. The molecule has 1 aromatic rings. The van der Waals surface area contributed by atoms with Gasteiger partial charge in [-0.3, -0.25) is 4.79 Å². The van der Waals surface area contributed by atoms with Gasteiger partial charge in [-0.15, -0.1) is 23.5 Å². The maximum atomic E-state index is 12.2. The molecule has 0 radical (unpaired) electrons. The van der Waals surface area contributed by atoms with E-state index in [0.717, 1.165) is 17.9 Å². The van der Waals surface area contributed by atoms with Crippen molar-refractivity contribution >= 4 is 29.4 Å². The highest BCUT2D eigenvalue weighted by Crippen LogP contribution is 2.25. The summed E-state index contributed by atoms with van der Waals surface area (Å²) in [6, 6.07) is 7.85. The number of rotatable bonds is 2. The van der Waals surface area contributed by atoms with Gasteiger partial charge in [-0.2, -0.15) is 0 Å². The first-order valence-electron chi connectivity index (χ1n) is 5.29. The number of hydrogen-bond donors (Lipinski definition) is 0. The first-order chi connectivity index (χ1) is 7.72. The van der Waals surface area contributed by atoms with E-state index in [0.29, 0.717) is 5.37 Å². The average Bonchev–Trinajstić information content (AvgIpc) is 2.75. The van der Waals surface area contributed by atoms with E-state index >= 15 is 0 Å². The van der Waals surface area contributed by atoms with Crippen LogP contribution >= 0.6 is 23.5 Å². The van der Waals surface area contributed by atoms with Crippen molar-refractivity contribution in [2.45, 2.75) is 17.2 Å². The first-order valence-corrected chi connectivity index (χ1v) is 7.56. The molecule has 1 amide bonds. The van der Waals surface area contributed by atoms with Crippen LogP contribution < -0.4 is 0 Å². The summed E-state index contributed by atoms with van der Waals surface area (Å²) < 4.78 is 0. The molecule has 2 rings (SSSR count). The normalized spacial score (nSPS) is 20.1. The Morgan fingerprint density at radius 1 is 1.44 bits per heavy atom. The fourth-order valence-electron chi connectivity index (χ4n) is 1.76. The van der Waals surface area contributed by atoms with Crippen molar-refractivity contribution in [2.75, 3.05) is 18.6 Å². The molecular weight excluding hydrogens is 238 g/mol. The minimum atomic E-state index is 0.158. The lowest BCUT2D eigenvalue weighted by atomic mass is 10.2. The van der Waals surface area contributed by atoms with Gasteiger partial charge in [0.05, 0.1) is 5.37 Å². The third-order valence-corrected chi connectivity index (χ3v) is 4.63. The molecule has 4 heteroatoms. The summed E-state index contributed by atoms with van der Waals surface area (Å²) in [5.41, 5.74) is 0.798. The number of carbonyl (C=O) groups is 1. The molecule has 86 valence electrons. The van der Waals surface area contributed by atoms with E-state index in [1.807, 2.05) is 47.2 Å². The van der Waals surface area contributed by atoms with E-state index < -0.39 is 0 Å². The average molecular weight is 253 g/mol. The summed E-state index contributed by atoms with van der Waals surface area (Å²) in [7, 11) is 0. The number of thioether (sulfide) groups is 2. The Bertz CT molecular complexity index is 377. The third-order valence-electron chi connectivity index (χ3n) is 2.73. The molecule has 1 aliphatic heterocycles. The summed E-state index contributed by atoms with van der Waals surface area (Å²) in [4.78, 5) is 15.3. The molecule has 1 aliphatic rings. The second-order valence-corrected chi connectivity index (χ2v) is 6.00. The monoisotopic (exact) mass is 253 g/mol. The van der Waals surface area contributed by atoms with Gasteiger partial charge < -0.3 is 4.90 Å². The third kappa shape index (κ3) is 2.38. The number of amides is 1. The van der Waals surface area contributed by atoms with Gasteiger partial charge >= 0.3 is 0 Å². The molecule has 0 aromatic heterocycles. The minimum absolute atomic E-state index is 0.158. The smallest absolute Gasteiger partial charge is 0.254 e. The number of hydrogen-bond acceptors (Lipinski definition) is 3. The Kier molecular flexibility index (Phi) is 3.82. The number of nitrogens with zero attached hydrogens (tertiary/aromatic N) is 1. The Balaban J connectivity index is 2.14. The zero-order valence-electron chi connectivity index (χ0n) is 9.47. The SMILES string of the molecule is CSc1ccc(C(=O)N2CCSC2C)cc1. The molecule has 0 N–H and O–H groups in total. The largest absolute Gasteiger partial charge is 0.326 e. The van der Waals surface area contributed by atoms with Crippen LogP contribution in [0, 0.1) is 0 Å². The summed E-state index contributed by atoms with van der Waals surface area (Å²) in [6.45, 7) is 2.96. The lowest BCUT2D eigenvalue weighted by Gasteiger charge is -2.20. The fraction of sp³-hybridized carbons (Fsp3) is 0.417. The standard InChI is InChI=1S/C12H15NOS2/c1-9-13(7-8-16-9)12(14)10-3-5-11(15-2)6-4-10/h3-6,9H,7-8H2,1-2H3. The van der Waals surface area contributed by atoms with E-state index in [1.165, 1.54) is 4.90 Å². The molecule has 1 unspecified atom stereocenters. The second-order valence-electron chi connectivity index (χ2n) is 3.70. The van der Waals surface area contributed by atoms with Gasteiger partial charge in [0.2, 0.25) is 0 Å². The van der Waals surface area contributed by atoms with E-state index in [-0.39, 0.29) is 5.91 Å². The van der Waals surface area contributed by atoms with E-state index in [2.05, 4.69) is 6.92 Å². The van der Waals surface area contributed by atoms with Gasteiger partial charge in [0.25, 0.3) is 5.91 Å². The molecule has 0 aliphatic carbocycles. The number of benzene rings is 1. The molecular formula is C12H15NOS2.